The predicted molar refractivity (Wildman–Crippen MR) is 67.3 cm³/mol. The Morgan fingerprint density at radius 1 is 1.29 bits per heavy atom. The summed E-state index contributed by atoms with van der Waals surface area (Å²) in [5.74, 6) is 0.794. The van der Waals surface area contributed by atoms with E-state index in [0.29, 0.717) is 5.56 Å². The molecule has 0 bridgehead atoms. The quantitative estimate of drug-likeness (QED) is 0.786. The van der Waals surface area contributed by atoms with Gasteiger partial charge in [-0.25, -0.2) is 0 Å². The standard InChI is InChI=1S/C14H21NO2/c1-11-3-2-8-15(9-11)10-12-4-6-13(7-5-12)14(16)17/h4-7,11,14,16-17H,2-3,8-10H2,1H3. The molecule has 0 aliphatic carbocycles. The molecule has 1 fully saturated rings. The first-order valence-electron chi connectivity index (χ1n) is 6.32. The first-order chi connectivity index (χ1) is 8.15. The van der Waals surface area contributed by atoms with Crippen molar-refractivity contribution in [1.29, 1.82) is 0 Å². The van der Waals surface area contributed by atoms with E-state index in [1.54, 1.807) is 12.1 Å². The van der Waals surface area contributed by atoms with E-state index < -0.39 is 6.29 Å². The molecule has 3 heteroatoms. The van der Waals surface area contributed by atoms with Crippen molar-refractivity contribution in [2.45, 2.75) is 32.6 Å². The van der Waals surface area contributed by atoms with Crippen LogP contribution in [0, 0.1) is 5.92 Å². The molecule has 1 aromatic carbocycles. The van der Waals surface area contributed by atoms with Crippen LogP contribution in [0.4, 0.5) is 0 Å². The summed E-state index contributed by atoms with van der Waals surface area (Å²) in [7, 11) is 0. The fraction of sp³-hybridized carbons (Fsp3) is 0.571. The third kappa shape index (κ3) is 3.53. The number of aliphatic hydroxyl groups excluding tert-OH is 1. The fourth-order valence-corrected chi connectivity index (χ4v) is 2.48. The average Bonchev–Trinajstić information content (AvgIpc) is 2.29. The Hall–Kier alpha value is -0.900. The molecule has 0 radical (unpaired) electrons. The van der Waals surface area contributed by atoms with Gasteiger partial charge in [0.2, 0.25) is 0 Å². The molecule has 2 rings (SSSR count). The fourth-order valence-electron chi connectivity index (χ4n) is 2.48. The molecule has 0 saturated carbocycles. The largest absolute Gasteiger partial charge is 0.364 e. The van der Waals surface area contributed by atoms with Crippen LogP contribution in [-0.2, 0) is 6.54 Å². The van der Waals surface area contributed by atoms with E-state index in [1.165, 1.54) is 31.5 Å². The summed E-state index contributed by atoms with van der Waals surface area (Å²) in [6.07, 6.45) is 1.26. The lowest BCUT2D eigenvalue weighted by molar-refractivity contribution is -0.0424. The van der Waals surface area contributed by atoms with Crippen molar-refractivity contribution in [2.75, 3.05) is 13.1 Å². The summed E-state index contributed by atoms with van der Waals surface area (Å²) < 4.78 is 0. The number of hydrogen-bond donors (Lipinski definition) is 2. The second-order valence-corrected chi connectivity index (χ2v) is 5.10. The van der Waals surface area contributed by atoms with Crippen molar-refractivity contribution in [3.8, 4) is 0 Å². The van der Waals surface area contributed by atoms with Gasteiger partial charge in [0.25, 0.3) is 0 Å². The van der Waals surface area contributed by atoms with E-state index >= 15 is 0 Å². The molecule has 1 atom stereocenters. The van der Waals surface area contributed by atoms with Gasteiger partial charge in [-0.1, -0.05) is 31.2 Å². The van der Waals surface area contributed by atoms with Crippen LogP contribution in [0.1, 0.15) is 37.2 Å². The number of nitrogens with zero attached hydrogens (tertiary/aromatic N) is 1. The Morgan fingerprint density at radius 2 is 2.00 bits per heavy atom. The minimum absolute atomic E-state index is 0.556. The van der Waals surface area contributed by atoms with Crippen molar-refractivity contribution < 1.29 is 10.2 Å². The highest BCUT2D eigenvalue weighted by molar-refractivity contribution is 5.23. The lowest BCUT2D eigenvalue weighted by atomic mass is 9.99. The van der Waals surface area contributed by atoms with Gasteiger partial charge in [-0.2, -0.15) is 0 Å². The summed E-state index contributed by atoms with van der Waals surface area (Å²) in [6.45, 7) is 5.61. The van der Waals surface area contributed by atoms with E-state index in [-0.39, 0.29) is 0 Å². The third-order valence-electron chi connectivity index (χ3n) is 3.43. The van der Waals surface area contributed by atoms with E-state index in [2.05, 4.69) is 11.8 Å². The van der Waals surface area contributed by atoms with Gasteiger partial charge in [-0.05, 0) is 30.9 Å². The first kappa shape index (κ1) is 12.6. The molecule has 1 aromatic rings. The van der Waals surface area contributed by atoms with Crippen molar-refractivity contribution in [3.63, 3.8) is 0 Å². The van der Waals surface area contributed by atoms with Crippen LogP contribution in [0.25, 0.3) is 0 Å². The number of aliphatic hydroxyl groups is 2. The highest BCUT2D eigenvalue weighted by Gasteiger charge is 2.16. The average molecular weight is 235 g/mol. The molecule has 94 valence electrons. The minimum Gasteiger partial charge on any atom is -0.364 e. The van der Waals surface area contributed by atoms with Gasteiger partial charge < -0.3 is 10.2 Å². The number of likely N-dealkylation sites (tertiary alicyclic amines) is 1. The van der Waals surface area contributed by atoms with Gasteiger partial charge in [-0.3, -0.25) is 4.90 Å². The van der Waals surface area contributed by atoms with E-state index in [0.717, 1.165) is 12.5 Å². The molecule has 3 nitrogen and oxygen atoms in total. The minimum atomic E-state index is -1.36. The maximum Gasteiger partial charge on any atom is 0.178 e. The molecule has 0 amide bonds. The van der Waals surface area contributed by atoms with Crippen LogP contribution >= 0.6 is 0 Å². The van der Waals surface area contributed by atoms with Gasteiger partial charge in [0, 0.05) is 18.7 Å². The number of rotatable bonds is 3. The van der Waals surface area contributed by atoms with E-state index in [9.17, 15) is 0 Å². The second-order valence-electron chi connectivity index (χ2n) is 5.10. The van der Waals surface area contributed by atoms with Gasteiger partial charge in [0.05, 0.1) is 0 Å². The summed E-state index contributed by atoms with van der Waals surface area (Å²) in [4.78, 5) is 2.47. The van der Waals surface area contributed by atoms with Crippen LogP contribution in [-0.4, -0.2) is 28.2 Å². The number of benzene rings is 1. The Labute approximate surface area is 103 Å². The van der Waals surface area contributed by atoms with Crippen LogP contribution in [0.3, 0.4) is 0 Å². The lowest BCUT2D eigenvalue weighted by Gasteiger charge is -2.30. The zero-order valence-corrected chi connectivity index (χ0v) is 10.3. The maximum atomic E-state index is 9.02. The molecule has 1 heterocycles. The van der Waals surface area contributed by atoms with Crippen LogP contribution < -0.4 is 0 Å². The molecule has 17 heavy (non-hydrogen) atoms. The Balaban J connectivity index is 1.94. The van der Waals surface area contributed by atoms with Crippen LogP contribution in [0.5, 0.6) is 0 Å². The van der Waals surface area contributed by atoms with Crippen molar-refractivity contribution in [2.24, 2.45) is 5.92 Å². The molecule has 1 saturated heterocycles. The number of hydrogen-bond acceptors (Lipinski definition) is 3. The summed E-state index contributed by atoms with van der Waals surface area (Å²) >= 11 is 0. The highest BCUT2D eigenvalue weighted by atomic mass is 16.5. The van der Waals surface area contributed by atoms with Crippen LogP contribution in [0.15, 0.2) is 24.3 Å². The lowest BCUT2D eigenvalue weighted by Crippen LogP contribution is -2.33. The first-order valence-corrected chi connectivity index (χ1v) is 6.32. The van der Waals surface area contributed by atoms with Crippen molar-refractivity contribution >= 4 is 0 Å². The molecular weight excluding hydrogens is 214 g/mol. The Kier molecular flexibility index (Phi) is 4.15. The topological polar surface area (TPSA) is 43.7 Å². The highest BCUT2D eigenvalue weighted by Crippen LogP contribution is 2.18. The van der Waals surface area contributed by atoms with E-state index in [1.807, 2.05) is 12.1 Å². The monoisotopic (exact) mass is 235 g/mol. The summed E-state index contributed by atoms with van der Waals surface area (Å²) in [5, 5.41) is 18.0. The van der Waals surface area contributed by atoms with Gasteiger partial charge in [-0.15, -0.1) is 0 Å². The smallest absolute Gasteiger partial charge is 0.178 e. The van der Waals surface area contributed by atoms with E-state index in [4.69, 9.17) is 10.2 Å². The molecule has 1 aliphatic heterocycles. The molecule has 1 unspecified atom stereocenters. The van der Waals surface area contributed by atoms with Gasteiger partial charge in [0.1, 0.15) is 0 Å². The molecule has 0 aromatic heterocycles. The third-order valence-corrected chi connectivity index (χ3v) is 3.43. The Morgan fingerprint density at radius 3 is 2.59 bits per heavy atom. The normalized spacial score (nSPS) is 22.0. The van der Waals surface area contributed by atoms with Gasteiger partial charge >= 0.3 is 0 Å². The van der Waals surface area contributed by atoms with Crippen molar-refractivity contribution in [3.05, 3.63) is 35.4 Å². The molecule has 0 spiro atoms. The second kappa shape index (κ2) is 5.63. The molecule has 1 aliphatic rings. The van der Waals surface area contributed by atoms with Crippen LogP contribution in [0.2, 0.25) is 0 Å². The summed E-state index contributed by atoms with van der Waals surface area (Å²) in [5.41, 5.74) is 1.80. The Bertz CT molecular complexity index is 348. The predicted octanol–water partition coefficient (Wildman–Crippen LogP) is 1.90. The zero-order valence-electron chi connectivity index (χ0n) is 10.3. The summed E-state index contributed by atoms with van der Waals surface area (Å²) in [6, 6.07) is 7.53. The van der Waals surface area contributed by atoms with Crippen molar-refractivity contribution in [1.82, 2.24) is 4.90 Å². The zero-order chi connectivity index (χ0) is 12.3. The maximum absolute atomic E-state index is 9.02. The van der Waals surface area contributed by atoms with Gasteiger partial charge in [0.15, 0.2) is 6.29 Å². The molecule has 2 N–H and O–H groups in total. The molecular formula is C14H21NO2. The SMILES string of the molecule is CC1CCCN(Cc2ccc(C(O)O)cc2)C1. The number of piperidine rings is 1.